The summed E-state index contributed by atoms with van der Waals surface area (Å²) in [6.45, 7) is 0. The molecule has 0 aromatic heterocycles. The molecule has 0 spiro atoms. The van der Waals surface area contributed by atoms with Gasteiger partial charge in [0, 0.05) is 0 Å². The molecule has 0 aliphatic rings. The maximum atomic E-state index is 2.42. The van der Waals surface area contributed by atoms with Crippen LogP contribution in [0.5, 0.6) is 0 Å². The van der Waals surface area contributed by atoms with Crippen LogP contribution in [0.15, 0.2) is 182 Å². The van der Waals surface area contributed by atoms with Crippen LogP contribution >= 0.6 is 0 Å². The fourth-order valence-electron chi connectivity index (χ4n) is 7.31. The zero-order chi connectivity index (χ0) is 30.5. The van der Waals surface area contributed by atoms with Crippen molar-refractivity contribution in [3.63, 3.8) is 0 Å². The van der Waals surface area contributed by atoms with E-state index >= 15 is 0 Å². The van der Waals surface area contributed by atoms with Gasteiger partial charge >= 0.3 is 0 Å². The Kier molecular flexibility index (Phi) is 6.25. The van der Waals surface area contributed by atoms with Gasteiger partial charge in [-0.2, -0.15) is 0 Å². The molecule has 9 aromatic carbocycles. The SMILES string of the molecule is c1ccc(-c2ccc3cc(-c4c5ccccc5c(-c5ccccc5)c5ccccc45)c4ccc(-c5ccccc5)cc4c3c2)cc1. The van der Waals surface area contributed by atoms with Gasteiger partial charge in [-0.25, -0.2) is 0 Å². The first-order valence-electron chi connectivity index (χ1n) is 15.9. The van der Waals surface area contributed by atoms with Crippen molar-refractivity contribution in [2.45, 2.75) is 0 Å². The average Bonchev–Trinajstić information content (AvgIpc) is 3.14. The van der Waals surface area contributed by atoms with Crippen molar-refractivity contribution in [1.82, 2.24) is 0 Å². The van der Waals surface area contributed by atoms with Gasteiger partial charge in [0.25, 0.3) is 0 Å². The molecule has 0 amide bonds. The molecule has 214 valence electrons. The van der Waals surface area contributed by atoms with Gasteiger partial charge in [0.05, 0.1) is 0 Å². The van der Waals surface area contributed by atoms with Gasteiger partial charge in [0.15, 0.2) is 0 Å². The van der Waals surface area contributed by atoms with Gasteiger partial charge in [-0.15, -0.1) is 0 Å². The monoisotopic (exact) mass is 582 g/mol. The lowest BCUT2D eigenvalue weighted by Crippen LogP contribution is -1.92. The van der Waals surface area contributed by atoms with E-state index in [-0.39, 0.29) is 0 Å². The van der Waals surface area contributed by atoms with E-state index in [0.717, 1.165) is 0 Å². The predicted molar refractivity (Wildman–Crippen MR) is 198 cm³/mol. The lowest BCUT2D eigenvalue weighted by molar-refractivity contribution is 1.63. The molecule has 0 radical (unpaired) electrons. The largest absolute Gasteiger partial charge is 0.0622 e. The van der Waals surface area contributed by atoms with E-state index < -0.39 is 0 Å². The van der Waals surface area contributed by atoms with Crippen LogP contribution < -0.4 is 0 Å². The van der Waals surface area contributed by atoms with Crippen LogP contribution in [-0.4, -0.2) is 0 Å². The summed E-state index contributed by atoms with van der Waals surface area (Å²) in [7, 11) is 0. The van der Waals surface area contributed by atoms with Crippen molar-refractivity contribution in [3.8, 4) is 44.5 Å². The zero-order valence-corrected chi connectivity index (χ0v) is 25.3. The van der Waals surface area contributed by atoms with Crippen molar-refractivity contribution in [2.24, 2.45) is 0 Å². The second-order valence-electron chi connectivity index (χ2n) is 12.1. The molecule has 0 fully saturated rings. The summed E-state index contributed by atoms with van der Waals surface area (Å²) in [6, 6.07) is 66.5. The highest BCUT2D eigenvalue weighted by atomic mass is 14.2. The van der Waals surface area contributed by atoms with E-state index in [1.165, 1.54) is 87.6 Å². The Morgan fingerprint density at radius 3 is 1.20 bits per heavy atom. The molecule has 0 aliphatic carbocycles. The lowest BCUT2D eigenvalue weighted by Gasteiger charge is -2.20. The summed E-state index contributed by atoms with van der Waals surface area (Å²) in [4.78, 5) is 0. The summed E-state index contributed by atoms with van der Waals surface area (Å²) in [5.74, 6) is 0. The highest BCUT2D eigenvalue weighted by Crippen LogP contribution is 2.47. The van der Waals surface area contributed by atoms with Gasteiger partial charge in [0.1, 0.15) is 0 Å². The van der Waals surface area contributed by atoms with Crippen LogP contribution in [0.2, 0.25) is 0 Å². The first-order chi connectivity index (χ1) is 22.8. The maximum absolute atomic E-state index is 2.42. The first-order valence-corrected chi connectivity index (χ1v) is 15.9. The molecular formula is C46H30. The fraction of sp³-hybridized carbons (Fsp3) is 0. The molecule has 0 N–H and O–H groups in total. The Morgan fingerprint density at radius 1 is 0.217 bits per heavy atom. The Hall–Kier alpha value is -5.98. The molecule has 0 saturated heterocycles. The van der Waals surface area contributed by atoms with Crippen LogP contribution in [0.1, 0.15) is 0 Å². The van der Waals surface area contributed by atoms with E-state index in [1.807, 2.05) is 0 Å². The second kappa shape index (κ2) is 10.9. The molecule has 0 atom stereocenters. The second-order valence-corrected chi connectivity index (χ2v) is 12.1. The molecule has 9 rings (SSSR count). The van der Waals surface area contributed by atoms with Crippen molar-refractivity contribution < 1.29 is 0 Å². The lowest BCUT2D eigenvalue weighted by atomic mass is 9.83. The molecule has 0 saturated carbocycles. The van der Waals surface area contributed by atoms with Crippen LogP contribution in [0.25, 0.3) is 87.6 Å². The van der Waals surface area contributed by atoms with Crippen molar-refractivity contribution in [3.05, 3.63) is 182 Å². The molecule has 9 aromatic rings. The van der Waals surface area contributed by atoms with E-state index in [4.69, 9.17) is 0 Å². The van der Waals surface area contributed by atoms with Gasteiger partial charge < -0.3 is 0 Å². The Labute approximate surface area is 268 Å². The highest BCUT2D eigenvalue weighted by molar-refractivity contribution is 6.26. The fourth-order valence-corrected chi connectivity index (χ4v) is 7.31. The third-order valence-corrected chi connectivity index (χ3v) is 9.43. The first kappa shape index (κ1) is 26.4. The minimum Gasteiger partial charge on any atom is -0.0622 e. The minimum absolute atomic E-state index is 1.23. The molecule has 0 bridgehead atoms. The van der Waals surface area contributed by atoms with Crippen LogP contribution in [-0.2, 0) is 0 Å². The normalized spacial score (nSPS) is 11.5. The molecule has 0 heteroatoms. The third kappa shape index (κ3) is 4.30. The minimum atomic E-state index is 1.23. The summed E-state index contributed by atoms with van der Waals surface area (Å²) in [5.41, 5.74) is 10.0. The van der Waals surface area contributed by atoms with Crippen molar-refractivity contribution in [1.29, 1.82) is 0 Å². The van der Waals surface area contributed by atoms with E-state index in [0.29, 0.717) is 0 Å². The van der Waals surface area contributed by atoms with Gasteiger partial charge in [-0.05, 0) is 106 Å². The van der Waals surface area contributed by atoms with E-state index in [1.54, 1.807) is 0 Å². The topological polar surface area (TPSA) is 0 Å². The van der Waals surface area contributed by atoms with E-state index in [9.17, 15) is 0 Å². The summed E-state index contributed by atoms with van der Waals surface area (Å²) in [6.07, 6.45) is 0. The molecule has 0 nitrogen and oxygen atoms in total. The zero-order valence-electron chi connectivity index (χ0n) is 25.3. The Balaban J connectivity index is 1.41. The summed E-state index contributed by atoms with van der Waals surface area (Å²) in [5, 5.41) is 10.1. The number of hydrogen-bond donors (Lipinski definition) is 0. The summed E-state index contributed by atoms with van der Waals surface area (Å²) >= 11 is 0. The average molecular weight is 583 g/mol. The number of fused-ring (bicyclic) bond motifs is 5. The van der Waals surface area contributed by atoms with Crippen LogP contribution in [0, 0.1) is 0 Å². The van der Waals surface area contributed by atoms with Crippen LogP contribution in [0.3, 0.4) is 0 Å². The molecule has 0 heterocycles. The number of hydrogen-bond acceptors (Lipinski definition) is 0. The predicted octanol–water partition coefficient (Wildman–Crippen LogP) is 13.0. The van der Waals surface area contributed by atoms with Gasteiger partial charge in [0.2, 0.25) is 0 Å². The van der Waals surface area contributed by atoms with E-state index in [2.05, 4.69) is 182 Å². The molecule has 0 aliphatic heterocycles. The molecular weight excluding hydrogens is 553 g/mol. The standard InChI is InChI=1S/C46H30/c1-4-14-31(15-5-1)34-24-25-36-30-44(37-27-26-35(29-43(37)42(36)28-34)32-16-6-2-7-17-32)46-40-22-12-10-20-38(40)45(33-18-8-3-9-19-33)39-21-11-13-23-41(39)46/h1-30H. The molecule has 0 unspecified atom stereocenters. The van der Waals surface area contributed by atoms with Crippen molar-refractivity contribution >= 4 is 43.1 Å². The van der Waals surface area contributed by atoms with Gasteiger partial charge in [-0.1, -0.05) is 164 Å². The van der Waals surface area contributed by atoms with Crippen molar-refractivity contribution in [2.75, 3.05) is 0 Å². The van der Waals surface area contributed by atoms with Gasteiger partial charge in [-0.3, -0.25) is 0 Å². The Morgan fingerprint density at radius 2 is 0.652 bits per heavy atom. The Bertz CT molecular complexity index is 2490. The number of benzene rings is 9. The quantitative estimate of drug-likeness (QED) is 0.143. The summed E-state index contributed by atoms with van der Waals surface area (Å²) < 4.78 is 0. The highest BCUT2D eigenvalue weighted by Gasteiger charge is 2.19. The molecule has 46 heavy (non-hydrogen) atoms. The smallest absolute Gasteiger partial charge is 0.00199 e. The maximum Gasteiger partial charge on any atom is -0.00199 e. The number of rotatable bonds is 4. The van der Waals surface area contributed by atoms with Crippen LogP contribution in [0.4, 0.5) is 0 Å². The third-order valence-electron chi connectivity index (χ3n) is 9.43.